The van der Waals surface area contributed by atoms with E-state index in [9.17, 15) is 4.39 Å². The Morgan fingerprint density at radius 2 is 2.00 bits per heavy atom. The molecule has 0 radical (unpaired) electrons. The maximum atomic E-state index is 13.1. The van der Waals surface area contributed by atoms with E-state index in [1.54, 1.807) is 18.5 Å². The molecule has 24 heavy (non-hydrogen) atoms. The molecule has 0 saturated carbocycles. The van der Waals surface area contributed by atoms with Crippen LogP contribution in [0, 0.1) is 5.82 Å². The Balaban J connectivity index is 1.93. The van der Waals surface area contributed by atoms with Crippen molar-refractivity contribution >= 4 is 38.5 Å². The summed E-state index contributed by atoms with van der Waals surface area (Å²) in [7, 11) is 1.90. The van der Waals surface area contributed by atoms with Crippen LogP contribution in [0.25, 0.3) is 32.0 Å². The van der Waals surface area contributed by atoms with E-state index in [2.05, 4.69) is 15.3 Å². The normalized spacial score (nSPS) is 11.5. The van der Waals surface area contributed by atoms with Crippen LogP contribution in [0.5, 0.6) is 0 Å². The Kier molecular flexibility index (Phi) is 3.62. The molecule has 0 atom stereocenters. The first-order valence-electron chi connectivity index (χ1n) is 7.39. The van der Waals surface area contributed by atoms with E-state index in [0.29, 0.717) is 12.4 Å². The van der Waals surface area contributed by atoms with Crippen molar-refractivity contribution in [3.63, 3.8) is 0 Å². The molecule has 6 nitrogen and oxygen atoms in total. The molecule has 122 valence electrons. The Morgan fingerprint density at radius 3 is 2.75 bits per heavy atom. The van der Waals surface area contributed by atoms with E-state index in [-0.39, 0.29) is 12.4 Å². The van der Waals surface area contributed by atoms with Gasteiger partial charge in [-0.2, -0.15) is 0 Å². The van der Waals surface area contributed by atoms with Crippen LogP contribution in [0.3, 0.4) is 0 Å². The minimum atomic E-state index is -0.275. The van der Waals surface area contributed by atoms with E-state index < -0.39 is 0 Å². The van der Waals surface area contributed by atoms with Gasteiger partial charge < -0.3 is 15.0 Å². The number of nitrogens with zero attached hydrogens (tertiary/aromatic N) is 4. The van der Waals surface area contributed by atoms with Gasteiger partial charge in [0.25, 0.3) is 0 Å². The summed E-state index contributed by atoms with van der Waals surface area (Å²) < 4.78 is 15.0. The number of anilines is 1. The van der Waals surface area contributed by atoms with Gasteiger partial charge in [-0.1, -0.05) is 11.3 Å². The van der Waals surface area contributed by atoms with Crippen LogP contribution in [0.15, 0.2) is 30.6 Å². The number of thiazole rings is 1. The third-order valence-electron chi connectivity index (χ3n) is 3.70. The number of imidazole rings is 1. The summed E-state index contributed by atoms with van der Waals surface area (Å²) in [5, 5.41) is 12.9. The van der Waals surface area contributed by atoms with Crippen LogP contribution in [-0.2, 0) is 7.05 Å². The second kappa shape index (κ2) is 5.81. The number of rotatable bonds is 4. The fourth-order valence-corrected chi connectivity index (χ4v) is 3.54. The number of hydrogen-bond acceptors (Lipinski definition) is 6. The SMILES string of the molecule is Cn1cnc2c(NCCO)nc3sc(-c4ccc(F)cc4)nc3c21. The van der Waals surface area contributed by atoms with Crippen LogP contribution in [-0.4, -0.2) is 37.8 Å². The van der Waals surface area contributed by atoms with E-state index in [0.717, 1.165) is 32.0 Å². The largest absolute Gasteiger partial charge is 0.395 e. The number of aliphatic hydroxyl groups is 1. The van der Waals surface area contributed by atoms with E-state index in [1.165, 1.54) is 23.5 Å². The van der Waals surface area contributed by atoms with Gasteiger partial charge in [0.1, 0.15) is 32.2 Å². The molecule has 0 spiro atoms. The van der Waals surface area contributed by atoms with Gasteiger partial charge >= 0.3 is 0 Å². The lowest BCUT2D eigenvalue weighted by Crippen LogP contribution is -2.07. The van der Waals surface area contributed by atoms with Crippen molar-refractivity contribution in [3.8, 4) is 10.6 Å². The van der Waals surface area contributed by atoms with Gasteiger partial charge in [-0.05, 0) is 24.3 Å². The number of fused-ring (bicyclic) bond motifs is 3. The number of aromatic nitrogens is 4. The molecule has 3 heterocycles. The molecule has 0 saturated heterocycles. The summed E-state index contributed by atoms with van der Waals surface area (Å²) in [6, 6.07) is 6.25. The Labute approximate surface area is 140 Å². The van der Waals surface area contributed by atoms with Gasteiger partial charge in [0.05, 0.1) is 12.9 Å². The van der Waals surface area contributed by atoms with Crippen molar-refractivity contribution in [2.45, 2.75) is 0 Å². The summed E-state index contributed by atoms with van der Waals surface area (Å²) in [5.41, 5.74) is 3.21. The van der Waals surface area contributed by atoms with Crippen LogP contribution in [0.1, 0.15) is 0 Å². The molecule has 8 heteroatoms. The second-order valence-electron chi connectivity index (χ2n) is 5.34. The first-order valence-corrected chi connectivity index (χ1v) is 8.21. The summed E-state index contributed by atoms with van der Waals surface area (Å²) in [6.07, 6.45) is 1.72. The molecule has 1 aromatic carbocycles. The van der Waals surface area contributed by atoms with Gasteiger partial charge in [-0.15, -0.1) is 0 Å². The number of halogens is 1. The molecular formula is C16H14FN5OS. The first-order chi connectivity index (χ1) is 11.7. The summed E-state index contributed by atoms with van der Waals surface area (Å²) in [6.45, 7) is 0.408. The monoisotopic (exact) mass is 343 g/mol. The Morgan fingerprint density at radius 1 is 1.21 bits per heavy atom. The van der Waals surface area contributed by atoms with Crippen LogP contribution in [0.2, 0.25) is 0 Å². The van der Waals surface area contributed by atoms with Crippen LogP contribution in [0.4, 0.5) is 10.2 Å². The van der Waals surface area contributed by atoms with Crippen molar-refractivity contribution in [2.75, 3.05) is 18.5 Å². The fraction of sp³-hybridized carbons (Fsp3) is 0.188. The zero-order valence-electron chi connectivity index (χ0n) is 12.8. The van der Waals surface area contributed by atoms with Crippen LogP contribution < -0.4 is 5.32 Å². The average molecular weight is 343 g/mol. The van der Waals surface area contributed by atoms with Gasteiger partial charge in [0, 0.05) is 19.2 Å². The van der Waals surface area contributed by atoms with Gasteiger partial charge in [-0.3, -0.25) is 0 Å². The molecule has 3 aromatic heterocycles. The number of benzene rings is 1. The van der Waals surface area contributed by atoms with Crippen molar-refractivity contribution in [2.24, 2.45) is 7.05 Å². The highest BCUT2D eigenvalue weighted by Gasteiger charge is 2.17. The van der Waals surface area contributed by atoms with Crippen molar-refractivity contribution in [3.05, 3.63) is 36.4 Å². The smallest absolute Gasteiger partial charge is 0.156 e. The third-order valence-corrected chi connectivity index (χ3v) is 4.70. The molecule has 0 fully saturated rings. The van der Waals surface area contributed by atoms with E-state index in [4.69, 9.17) is 10.1 Å². The first kappa shape index (κ1) is 15.0. The minimum Gasteiger partial charge on any atom is -0.395 e. The highest BCUT2D eigenvalue weighted by atomic mass is 32.1. The Hall–Kier alpha value is -2.58. The molecule has 0 aliphatic heterocycles. The molecule has 2 N–H and O–H groups in total. The molecule has 0 unspecified atom stereocenters. The topological polar surface area (TPSA) is 75.9 Å². The predicted molar refractivity (Wildman–Crippen MR) is 92.7 cm³/mol. The second-order valence-corrected chi connectivity index (χ2v) is 6.32. The summed E-state index contributed by atoms with van der Waals surface area (Å²) in [4.78, 5) is 14.4. The average Bonchev–Trinajstić information content (AvgIpc) is 3.17. The summed E-state index contributed by atoms with van der Waals surface area (Å²) in [5.74, 6) is 0.351. The Bertz CT molecular complexity index is 1020. The van der Waals surface area contributed by atoms with Crippen molar-refractivity contribution in [1.82, 2.24) is 19.5 Å². The van der Waals surface area contributed by atoms with Gasteiger partial charge in [0.2, 0.25) is 0 Å². The zero-order chi connectivity index (χ0) is 16.7. The molecular weight excluding hydrogens is 329 g/mol. The molecule has 0 bridgehead atoms. The van der Waals surface area contributed by atoms with Crippen molar-refractivity contribution < 1.29 is 9.50 Å². The summed E-state index contributed by atoms with van der Waals surface area (Å²) >= 11 is 1.44. The number of hydrogen-bond donors (Lipinski definition) is 2. The number of nitrogens with one attached hydrogen (secondary N) is 1. The maximum absolute atomic E-state index is 13.1. The number of aliphatic hydroxyl groups excluding tert-OH is 1. The highest BCUT2D eigenvalue weighted by Crippen LogP contribution is 2.35. The fourth-order valence-electron chi connectivity index (χ4n) is 2.59. The van der Waals surface area contributed by atoms with Gasteiger partial charge in [0.15, 0.2) is 5.82 Å². The number of pyridine rings is 1. The number of aryl methyl sites for hydroxylation is 1. The minimum absolute atomic E-state index is 0.0115. The lowest BCUT2D eigenvalue weighted by atomic mass is 10.2. The quantitative estimate of drug-likeness (QED) is 0.596. The standard InChI is InChI=1S/C16H14FN5OS/c1-22-8-19-11-13(22)12-16(21-14(11)18-6-7-23)24-15(20-12)9-2-4-10(17)5-3-9/h2-5,8,23H,6-7H2,1H3,(H,18,21). The van der Waals surface area contributed by atoms with E-state index >= 15 is 0 Å². The molecule has 0 aliphatic carbocycles. The highest BCUT2D eigenvalue weighted by molar-refractivity contribution is 7.21. The molecule has 4 aromatic rings. The lowest BCUT2D eigenvalue weighted by molar-refractivity contribution is 0.311. The third kappa shape index (κ3) is 2.40. The molecule has 0 amide bonds. The molecule has 4 rings (SSSR count). The molecule has 0 aliphatic rings. The lowest BCUT2D eigenvalue weighted by Gasteiger charge is -2.05. The van der Waals surface area contributed by atoms with Crippen LogP contribution >= 0.6 is 11.3 Å². The maximum Gasteiger partial charge on any atom is 0.156 e. The van der Waals surface area contributed by atoms with E-state index in [1.807, 2.05) is 11.6 Å². The zero-order valence-corrected chi connectivity index (χ0v) is 13.6. The van der Waals surface area contributed by atoms with Crippen molar-refractivity contribution in [1.29, 1.82) is 0 Å². The predicted octanol–water partition coefficient (Wildman–Crippen LogP) is 2.79. The van der Waals surface area contributed by atoms with Gasteiger partial charge in [-0.25, -0.2) is 19.3 Å².